The summed E-state index contributed by atoms with van der Waals surface area (Å²) in [5, 5.41) is 0.371. The second-order valence-corrected chi connectivity index (χ2v) is 9.38. The molecule has 0 N–H and O–H groups in total. The summed E-state index contributed by atoms with van der Waals surface area (Å²) in [5.74, 6) is 0.475. The van der Waals surface area contributed by atoms with Crippen LogP contribution >= 0.6 is 0 Å². The second kappa shape index (κ2) is 7.68. The molecule has 0 unspecified atom stereocenters. The largest absolute Gasteiger partial charge is 0.353 e. The maximum absolute atomic E-state index is 14.4. The Morgan fingerprint density at radius 1 is 0.966 bits per heavy atom. The molecule has 3 aromatic rings. The summed E-state index contributed by atoms with van der Waals surface area (Å²) in [7, 11) is -3.56. The van der Waals surface area contributed by atoms with Crippen LogP contribution in [0.4, 0.5) is 10.2 Å². The lowest BCUT2D eigenvalue weighted by Gasteiger charge is -2.35. The van der Waals surface area contributed by atoms with Gasteiger partial charge in [0.1, 0.15) is 18.0 Å². The Morgan fingerprint density at radius 3 is 2.31 bits per heavy atom. The molecule has 0 bridgehead atoms. The predicted molar refractivity (Wildman–Crippen MR) is 111 cm³/mol. The van der Waals surface area contributed by atoms with Crippen LogP contribution in [0.5, 0.6) is 0 Å². The third-order valence-electron chi connectivity index (χ3n) is 5.31. The van der Waals surface area contributed by atoms with Crippen molar-refractivity contribution in [1.29, 1.82) is 0 Å². The van der Waals surface area contributed by atoms with Crippen molar-refractivity contribution in [2.24, 2.45) is 0 Å². The van der Waals surface area contributed by atoms with E-state index in [0.717, 1.165) is 5.56 Å². The summed E-state index contributed by atoms with van der Waals surface area (Å²) >= 11 is 0. The van der Waals surface area contributed by atoms with Crippen molar-refractivity contribution >= 4 is 26.7 Å². The van der Waals surface area contributed by atoms with Gasteiger partial charge in [-0.25, -0.2) is 22.8 Å². The first-order valence-corrected chi connectivity index (χ1v) is 11.1. The van der Waals surface area contributed by atoms with E-state index >= 15 is 0 Å². The van der Waals surface area contributed by atoms with Crippen molar-refractivity contribution in [3.05, 3.63) is 60.2 Å². The van der Waals surface area contributed by atoms with Gasteiger partial charge in [0.2, 0.25) is 10.0 Å². The summed E-state index contributed by atoms with van der Waals surface area (Å²) in [4.78, 5) is 10.6. The van der Waals surface area contributed by atoms with Gasteiger partial charge >= 0.3 is 0 Å². The average Bonchev–Trinajstić information content (AvgIpc) is 2.74. The lowest BCUT2D eigenvalue weighted by atomic mass is 10.0. The Kier molecular flexibility index (Phi) is 5.23. The monoisotopic (exact) mass is 414 g/mol. The second-order valence-electron chi connectivity index (χ2n) is 7.45. The lowest BCUT2D eigenvalue weighted by Crippen LogP contribution is -2.49. The Bertz CT molecular complexity index is 1120. The van der Waals surface area contributed by atoms with Gasteiger partial charge in [-0.1, -0.05) is 32.0 Å². The van der Waals surface area contributed by atoms with Gasteiger partial charge in [0.25, 0.3) is 0 Å². The summed E-state index contributed by atoms with van der Waals surface area (Å²) < 4.78 is 41.8. The first kappa shape index (κ1) is 19.7. The van der Waals surface area contributed by atoms with Gasteiger partial charge in [0, 0.05) is 26.2 Å². The molecule has 1 saturated heterocycles. The van der Waals surface area contributed by atoms with Crippen LogP contribution in [0, 0.1) is 5.82 Å². The van der Waals surface area contributed by atoms with E-state index in [9.17, 15) is 12.8 Å². The van der Waals surface area contributed by atoms with Crippen molar-refractivity contribution in [3.63, 3.8) is 0 Å². The van der Waals surface area contributed by atoms with Gasteiger partial charge < -0.3 is 4.90 Å². The van der Waals surface area contributed by atoms with Crippen molar-refractivity contribution in [2.45, 2.75) is 24.7 Å². The maximum Gasteiger partial charge on any atom is 0.243 e. The van der Waals surface area contributed by atoms with E-state index in [0.29, 0.717) is 53.7 Å². The molecule has 1 aliphatic heterocycles. The van der Waals surface area contributed by atoms with Gasteiger partial charge in [-0.3, -0.25) is 0 Å². The molecule has 0 spiro atoms. The number of rotatable bonds is 4. The van der Waals surface area contributed by atoms with E-state index in [-0.39, 0.29) is 5.82 Å². The van der Waals surface area contributed by atoms with E-state index in [4.69, 9.17) is 0 Å². The van der Waals surface area contributed by atoms with Gasteiger partial charge in [-0.05, 0) is 35.7 Å². The molecule has 6 nitrogen and oxygen atoms in total. The minimum atomic E-state index is -3.56. The highest BCUT2D eigenvalue weighted by Gasteiger charge is 2.29. The zero-order valence-electron chi connectivity index (χ0n) is 16.4. The van der Waals surface area contributed by atoms with Crippen LogP contribution < -0.4 is 4.90 Å². The number of piperazine rings is 1. The molecule has 4 rings (SSSR count). The molecule has 2 aromatic carbocycles. The zero-order chi connectivity index (χ0) is 20.6. The topological polar surface area (TPSA) is 66.4 Å². The van der Waals surface area contributed by atoms with Gasteiger partial charge in [-0.2, -0.15) is 4.31 Å². The fraction of sp³-hybridized carbons (Fsp3) is 0.333. The Labute approximate surface area is 170 Å². The summed E-state index contributed by atoms with van der Waals surface area (Å²) in [6, 6.07) is 11.8. The summed E-state index contributed by atoms with van der Waals surface area (Å²) in [6.45, 7) is 5.64. The first-order valence-electron chi connectivity index (χ1n) is 9.62. The van der Waals surface area contributed by atoms with E-state index in [1.165, 1.54) is 16.7 Å². The van der Waals surface area contributed by atoms with Crippen molar-refractivity contribution < 1.29 is 12.8 Å². The molecule has 0 atom stereocenters. The van der Waals surface area contributed by atoms with Crippen molar-refractivity contribution in [3.8, 4) is 0 Å². The zero-order valence-corrected chi connectivity index (χ0v) is 17.2. The number of fused-ring (bicyclic) bond motifs is 1. The fourth-order valence-corrected chi connectivity index (χ4v) is 5.03. The number of aromatic nitrogens is 2. The van der Waals surface area contributed by atoms with E-state index in [2.05, 4.69) is 23.8 Å². The lowest BCUT2D eigenvalue weighted by molar-refractivity contribution is 0.384. The Morgan fingerprint density at radius 2 is 1.66 bits per heavy atom. The Balaban J connectivity index is 1.54. The highest BCUT2D eigenvalue weighted by Crippen LogP contribution is 2.27. The van der Waals surface area contributed by atoms with E-state index in [1.807, 2.05) is 17.0 Å². The van der Waals surface area contributed by atoms with Crippen LogP contribution in [0.3, 0.4) is 0 Å². The number of halogens is 1. The fourth-order valence-electron chi connectivity index (χ4n) is 3.61. The van der Waals surface area contributed by atoms with E-state index < -0.39 is 10.0 Å². The smallest absolute Gasteiger partial charge is 0.243 e. The molecular weight excluding hydrogens is 391 g/mol. The number of anilines is 1. The molecule has 0 amide bonds. The Hall–Kier alpha value is -2.58. The summed E-state index contributed by atoms with van der Waals surface area (Å²) in [6.07, 6.45) is 1.41. The molecule has 0 aliphatic carbocycles. The molecule has 1 aromatic heterocycles. The van der Waals surface area contributed by atoms with Gasteiger partial charge in [-0.15, -0.1) is 0 Å². The summed E-state index contributed by atoms with van der Waals surface area (Å²) in [5.41, 5.74) is 1.64. The number of hydrogen-bond acceptors (Lipinski definition) is 5. The van der Waals surface area contributed by atoms with Gasteiger partial charge in [0.05, 0.1) is 15.8 Å². The molecule has 1 fully saturated rings. The molecule has 2 heterocycles. The molecule has 29 heavy (non-hydrogen) atoms. The molecule has 8 heteroatoms. The quantitative estimate of drug-likeness (QED) is 0.655. The normalized spacial score (nSPS) is 15.9. The first-order chi connectivity index (χ1) is 13.9. The van der Waals surface area contributed by atoms with E-state index in [1.54, 1.807) is 24.3 Å². The number of sulfonamides is 1. The molecule has 1 aliphatic rings. The number of benzene rings is 2. The minimum Gasteiger partial charge on any atom is -0.353 e. The number of nitrogens with zero attached hydrogens (tertiary/aromatic N) is 4. The van der Waals surface area contributed by atoms with Crippen LogP contribution in [-0.2, 0) is 10.0 Å². The third-order valence-corrected chi connectivity index (χ3v) is 7.23. The standard InChI is InChI=1S/C21H23FN4O2S/c1-15(2)16-6-8-17(9-7-16)29(27,28)26-12-10-25(11-13-26)21-20-18(22)4-3-5-19(20)23-14-24-21/h3-9,14-15H,10-13H2,1-2H3. The molecular formula is C21H23FN4O2S. The van der Waals surface area contributed by atoms with Crippen LogP contribution in [-0.4, -0.2) is 48.9 Å². The molecule has 152 valence electrons. The van der Waals surface area contributed by atoms with Crippen molar-refractivity contribution in [1.82, 2.24) is 14.3 Å². The maximum atomic E-state index is 14.4. The predicted octanol–water partition coefficient (Wildman–Crippen LogP) is 3.40. The average molecular weight is 415 g/mol. The minimum absolute atomic E-state index is 0.300. The van der Waals surface area contributed by atoms with Crippen LogP contribution in [0.15, 0.2) is 53.7 Å². The van der Waals surface area contributed by atoms with Crippen LogP contribution in [0.2, 0.25) is 0 Å². The van der Waals surface area contributed by atoms with Gasteiger partial charge in [0.15, 0.2) is 0 Å². The SMILES string of the molecule is CC(C)c1ccc(S(=O)(=O)N2CCN(c3ncnc4cccc(F)c34)CC2)cc1. The highest BCUT2D eigenvalue weighted by atomic mass is 32.2. The molecule has 0 radical (unpaired) electrons. The van der Waals surface area contributed by atoms with Crippen molar-refractivity contribution in [2.75, 3.05) is 31.1 Å². The molecule has 0 saturated carbocycles. The van der Waals surface area contributed by atoms with Crippen LogP contribution in [0.25, 0.3) is 10.9 Å². The van der Waals surface area contributed by atoms with Crippen LogP contribution in [0.1, 0.15) is 25.3 Å². The number of hydrogen-bond donors (Lipinski definition) is 0. The highest BCUT2D eigenvalue weighted by molar-refractivity contribution is 7.89. The third kappa shape index (κ3) is 3.70.